The van der Waals surface area contributed by atoms with Gasteiger partial charge >= 0.3 is 0 Å². The molecule has 0 saturated carbocycles. The highest BCUT2D eigenvalue weighted by molar-refractivity contribution is 6.31. The Balaban J connectivity index is 1.80. The van der Waals surface area contributed by atoms with Crippen molar-refractivity contribution in [1.29, 1.82) is 0 Å². The Morgan fingerprint density at radius 3 is 2.91 bits per heavy atom. The average molecular weight is 324 g/mol. The molecule has 0 spiro atoms. The first-order chi connectivity index (χ1) is 11.1. The van der Waals surface area contributed by atoms with E-state index in [2.05, 4.69) is 37.8 Å². The summed E-state index contributed by atoms with van der Waals surface area (Å²) in [5.41, 5.74) is 9.96. The predicted octanol–water partition coefficient (Wildman–Crippen LogP) is 3.57. The molecule has 0 fully saturated rings. The van der Waals surface area contributed by atoms with Gasteiger partial charge in [0.05, 0.1) is 15.9 Å². The summed E-state index contributed by atoms with van der Waals surface area (Å²) in [6.45, 7) is 2.71. The average Bonchev–Trinajstić information content (AvgIpc) is 2.84. The Morgan fingerprint density at radius 2 is 2.04 bits per heavy atom. The molecule has 114 valence electrons. The van der Waals surface area contributed by atoms with Gasteiger partial charge in [0.25, 0.3) is 0 Å². The molecule has 0 aliphatic rings. The van der Waals surface area contributed by atoms with E-state index >= 15 is 0 Å². The van der Waals surface area contributed by atoms with Crippen LogP contribution in [0.15, 0.2) is 43.0 Å². The SMILES string of the molecule is Cc1cn(Cc2ccc3ncc(Cl)cc3c2)c2ncnc(N)c12. The highest BCUT2D eigenvalue weighted by Crippen LogP contribution is 2.24. The minimum Gasteiger partial charge on any atom is -0.383 e. The van der Waals surface area contributed by atoms with Crippen LogP contribution in [0.4, 0.5) is 5.82 Å². The fourth-order valence-electron chi connectivity index (χ4n) is 2.91. The van der Waals surface area contributed by atoms with Crippen molar-refractivity contribution in [2.45, 2.75) is 13.5 Å². The number of nitrogens with zero attached hydrogens (tertiary/aromatic N) is 4. The van der Waals surface area contributed by atoms with Crippen molar-refractivity contribution in [3.8, 4) is 0 Å². The molecule has 23 heavy (non-hydrogen) atoms. The van der Waals surface area contributed by atoms with Crippen LogP contribution in [0.2, 0.25) is 5.02 Å². The number of anilines is 1. The van der Waals surface area contributed by atoms with E-state index in [1.54, 1.807) is 6.20 Å². The number of fused-ring (bicyclic) bond motifs is 2. The maximum atomic E-state index is 6.03. The monoisotopic (exact) mass is 323 g/mol. The van der Waals surface area contributed by atoms with Gasteiger partial charge in [-0.25, -0.2) is 9.97 Å². The number of hydrogen-bond acceptors (Lipinski definition) is 4. The summed E-state index contributed by atoms with van der Waals surface area (Å²) in [6.07, 6.45) is 5.21. The zero-order valence-corrected chi connectivity index (χ0v) is 13.2. The third kappa shape index (κ3) is 2.39. The lowest BCUT2D eigenvalue weighted by atomic mass is 10.1. The Morgan fingerprint density at radius 1 is 1.17 bits per heavy atom. The third-order valence-electron chi connectivity index (χ3n) is 3.94. The summed E-state index contributed by atoms with van der Waals surface area (Å²) in [7, 11) is 0. The number of rotatable bonds is 2. The molecule has 0 aliphatic carbocycles. The highest BCUT2D eigenvalue weighted by atomic mass is 35.5. The van der Waals surface area contributed by atoms with Crippen LogP contribution < -0.4 is 5.73 Å². The zero-order valence-electron chi connectivity index (χ0n) is 12.5. The van der Waals surface area contributed by atoms with E-state index < -0.39 is 0 Å². The smallest absolute Gasteiger partial charge is 0.146 e. The molecule has 6 heteroatoms. The van der Waals surface area contributed by atoms with Crippen LogP contribution in [0.3, 0.4) is 0 Å². The van der Waals surface area contributed by atoms with Crippen LogP contribution in [-0.2, 0) is 6.54 Å². The first kappa shape index (κ1) is 14.0. The van der Waals surface area contributed by atoms with Crippen LogP contribution in [-0.4, -0.2) is 19.5 Å². The van der Waals surface area contributed by atoms with E-state index in [1.807, 2.05) is 19.1 Å². The molecule has 0 aliphatic heterocycles. The topological polar surface area (TPSA) is 69.6 Å². The van der Waals surface area contributed by atoms with E-state index in [1.165, 1.54) is 6.33 Å². The first-order valence-electron chi connectivity index (χ1n) is 7.22. The van der Waals surface area contributed by atoms with Crippen molar-refractivity contribution in [1.82, 2.24) is 19.5 Å². The van der Waals surface area contributed by atoms with E-state index in [0.29, 0.717) is 17.4 Å². The number of nitrogen functional groups attached to an aromatic ring is 1. The van der Waals surface area contributed by atoms with Crippen LogP contribution in [0.1, 0.15) is 11.1 Å². The lowest BCUT2D eigenvalue weighted by Crippen LogP contribution is -2.00. The van der Waals surface area contributed by atoms with Crippen LogP contribution in [0, 0.1) is 6.92 Å². The number of aryl methyl sites for hydroxylation is 1. The molecule has 5 nitrogen and oxygen atoms in total. The normalized spacial score (nSPS) is 11.4. The van der Waals surface area contributed by atoms with Gasteiger partial charge in [-0.15, -0.1) is 0 Å². The van der Waals surface area contributed by atoms with Crippen molar-refractivity contribution in [2.75, 3.05) is 5.73 Å². The Hall–Kier alpha value is -2.66. The van der Waals surface area contributed by atoms with Crippen molar-refractivity contribution >= 4 is 39.4 Å². The fourth-order valence-corrected chi connectivity index (χ4v) is 3.08. The van der Waals surface area contributed by atoms with Crippen molar-refractivity contribution in [3.63, 3.8) is 0 Å². The molecule has 0 saturated heterocycles. The Labute approximate surface area is 137 Å². The van der Waals surface area contributed by atoms with Gasteiger partial charge in [-0.2, -0.15) is 0 Å². The van der Waals surface area contributed by atoms with Crippen molar-refractivity contribution in [2.24, 2.45) is 0 Å². The van der Waals surface area contributed by atoms with E-state index in [0.717, 1.165) is 33.1 Å². The van der Waals surface area contributed by atoms with Gasteiger partial charge in [0.1, 0.15) is 17.8 Å². The number of aromatic nitrogens is 4. The molecule has 0 bridgehead atoms. The minimum atomic E-state index is 0.515. The van der Waals surface area contributed by atoms with Crippen LogP contribution >= 0.6 is 11.6 Å². The quantitative estimate of drug-likeness (QED) is 0.612. The maximum absolute atomic E-state index is 6.03. The maximum Gasteiger partial charge on any atom is 0.146 e. The number of hydrogen-bond donors (Lipinski definition) is 1. The standard InChI is InChI=1S/C17H14ClN5/c1-10-7-23(17-15(10)16(19)21-9-22-17)8-11-2-3-14-12(4-11)5-13(18)6-20-14/h2-7,9H,8H2,1H3,(H2,19,21,22). The highest BCUT2D eigenvalue weighted by Gasteiger charge is 2.11. The molecule has 1 aromatic carbocycles. The molecule has 3 heterocycles. The molecular formula is C17H14ClN5. The fraction of sp³-hybridized carbons (Fsp3) is 0.118. The number of benzene rings is 1. The van der Waals surface area contributed by atoms with Gasteiger partial charge in [-0.05, 0) is 36.2 Å². The summed E-state index contributed by atoms with van der Waals surface area (Å²) >= 11 is 6.03. The first-order valence-corrected chi connectivity index (χ1v) is 7.60. The second-order valence-corrected chi connectivity index (χ2v) is 6.01. The molecule has 4 aromatic rings. The summed E-state index contributed by atoms with van der Waals surface area (Å²) in [5.74, 6) is 0.515. The van der Waals surface area contributed by atoms with Gasteiger partial charge in [0.15, 0.2) is 0 Å². The Bertz CT molecular complexity index is 1040. The van der Waals surface area contributed by atoms with E-state index in [-0.39, 0.29) is 0 Å². The van der Waals surface area contributed by atoms with Crippen molar-refractivity contribution in [3.05, 3.63) is 59.1 Å². The molecular weight excluding hydrogens is 310 g/mol. The molecule has 0 unspecified atom stereocenters. The van der Waals surface area contributed by atoms with Gasteiger partial charge in [0, 0.05) is 24.3 Å². The number of nitrogens with two attached hydrogens (primary N) is 1. The van der Waals surface area contributed by atoms with Gasteiger partial charge in [-0.3, -0.25) is 4.98 Å². The number of pyridine rings is 1. The minimum absolute atomic E-state index is 0.515. The lowest BCUT2D eigenvalue weighted by molar-refractivity contribution is 0.822. The van der Waals surface area contributed by atoms with Crippen LogP contribution in [0.5, 0.6) is 0 Å². The molecule has 3 aromatic heterocycles. The van der Waals surface area contributed by atoms with Gasteiger partial charge in [-0.1, -0.05) is 17.7 Å². The summed E-state index contributed by atoms with van der Waals surface area (Å²) in [5, 5.41) is 2.58. The second kappa shape index (κ2) is 5.21. The molecule has 0 radical (unpaired) electrons. The van der Waals surface area contributed by atoms with E-state index in [9.17, 15) is 0 Å². The van der Waals surface area contributed by atoms with Gasteiger partial charge < -0.3 is 10.3 Å². The molecule has 0 amide bonds. The largest absolute Gasteiger partial charge is 0.383 e. The van der Waals surface area contributed by atoms with Gasteiger partial charge in [0.2, 0.25) is 0 Å². The molecule has 4 rings (SSSR count). The summed E-state index contributed by atoms with van der Waals surface area (Å²) in [6, 6.07) is 8.09. The Kier molecular flexibility index (Phi) is 3.16. The summed E-state index contributed by atoms with van der Waals surface area (Å²) in [4.78, 5) is 12.8. The zero-order chi connectivity index (χ0) is 16.0. The summed E-state index contributed by atoms with van der Waals surface area (Å²) < 4.78 is 2.09. The predicted molar refractivity (Wildman–Crippen MR) is 92.5 cm³/mol. The molecule has 0 atom stereocenters. The second-order valence-electron chi connectivity index (χ2n) is 5.58. The number of halogens is 1. The lowest BCUT2D eigenvalue weighted by Gasteiger charge is -2.07. The van der Waals surface area contributed by atoms with Crippen LogP contribution in [0.25, 0.3) is 21.9 Å². The third-order valence-corrected chi connectivity index (χ3v) is 4.14. The van der Waals surface area contributed by atoms with E-state index in [4.69, 9.17) is 17.3 Å². The van der Waals surface area contributed by atoms with Crippen molar-refractivity contribution < 1.29 is 0 Å². The molecule has 2 N–H and O–H groups in total.